The van der Waals surface area contributed by atoms with Crippen molar-refractivity contribution in [3.8, 4) is 0 Å². The highest BCUT2D eigenvalue weighted by molar-refractivity contribution is 7.91. The predicted molar refractivity (Wildman–Crippen MR) is 102 cm³/mol. The van der Waals surface area contributed by atoms with Crippen molar-refractivity contribution in [1.29, 1.82) is 0 Å². The standard InChI is InChI=1S/C20H22N2O4S/c1-12(2)9-14(11-21)22-20(24)13-7-8-16-18(10-13)27(25,26)17-6-4-3-5-15(17)19(16)23/h3-8,10,12,14H,9,11,21H2,1-2H3,(H,22,24). The van der Waals surface area contributed by atoms with E-state index in [2.05, 4.69) is 5.32 Å². The Morgan fingerprint density at radius 3 is 2.41 bits per heavy atom. The van der Waals surface area contributed by atoms with E-state index in [0.717, 1.165) is 6.42 Å². The van der Waals surface area contributed by atoms with Crippen molar-refractivity contribution in [2.75, 3.05) is 6.54 Å². The number of nitrogens with two attached hydrogens (primary N) is 1. The van der Waals surface area contributed by atoms with Gasteiger partial charge in [0.1, 0.15) is 0 Å². The molecule has 1 amide bonds. The van der Waals surface area contributed by atoms with Crippen LogP contribution in [0.5, 0.6) is 0 Å². The van der Waals surface area contributed by atoms with Gasteiger partial charge in [0, 0.05) is 29.3 Å². The molecule has 142 valence electrons. The number of hydrogen-bond acceptors (Lipinski definition) is 5. The van der Waals surface area contributed by atoms with Gasteiger partial charge in [-0.1, -0.05) is 26.0 Å². The van der Waals surface area contributed by atoms with E-state index in [4.69, 9.17) is 5.73 Å². The first kappa shape index (κ1) is 19.3. The predicted octanol–water partition coefficient (Wildman–Crippen LogP) is 2.17. The van der Waals surface area contributed by atoms with Gasteiger partial charge in [0.25, 0.3) is 5.91 Å². The topological polar surface area (TPSA) is 106 Å². The fourth-order valence-electron chi connectivity index (χ4n) is 3.28. The van der Waals surface area contributed by atoms with Gasteiger partial charge in [0.2, 0.25) is 9.84 Å². The molecule has 1 atom stereocenters. The van der Waals surface area contributed by atoms with E-state index < -0.39 is 15.7 Å². The molecule has 7 heteroatoms. The maximum absolute atomic E-state index is 12.9. The first-order valence-electron chi connectivity index (χ1n) is 8.79. The van der Waals surface area contributed by atoms with E-state index in [1.165, 1.54) is 30.3 Å². The molecule has 2 aromatic rings. The third-order valence-corrected chi connectivity index (χ3v) is 6.43. The molecule has 1 heterocycles. The zero-order valence-electron chi connectivity index (χ0n) is 15.2. The van der Waals surface area contributed by atoms with Gasteiger partial charge in [0.05, 0.1) is 9.79 Å². The number of sulfone groups is 1. The lowest BCUT2D eigenvalue weighted by Gasteiger charge is -2.21. The molecule has 1 unspecified atom stereocenters. The average Bonchev–Trinajstić information content (AvgIpc) is 2.65. The number of nitrogens with one attached hydrogen (secondary N) is 1. The summed E-state index contributed by atoms with van der Waals surface area (Å²) in [6, 6.07) is 10.0. The molecule has 1 aliphatic heterocycles. The minimum absolute atomic E-state index is 0.0281. The Morgan fingerprint density at radius 2 is 1.74 bits per heavy atom. The van der Waals surface area contributed by atoms with Crippen molar-refractivity contribution in [1.82, 2.24) is 5.32 Å². The lowest BCUT2D eigenvalue weighted by atomic mass is 10.0. The first-order valence-corrected chi connectivity index (χ1v) is 10.3. The molecule has 3 N–H and O–H groups in total. The molecule has 0 saturated heterocycles. The van der Waals surface area contributed by atoms with Gasteiger partial charge in [-0.15, -0.1) is 0 Å². The fraction of sp³-hybridized carbons (Fsp3) is 0.300. The minimum atomic E-state index is -3.87. The van der Waals surface area contributed by atoms with Crippen LogP contribution in [0.1, 0.15) is 46.5 Å². The molecule has 0 bridgehead atoms. The van der Waals surface area contributed by atoms with Gasteiger partial charge in [-0.25, -0.2) is 8.42 Å². The van der Waals surface area contributed by atoms with Gasteiger partial charge < -0.3 is 11.1 Å². The number of benzene rings is 2. The van der Waals surface area contributed by atoms with Crippen LogP contribution >= 0.6 is 0 Å². The Morgan fingerprint density at radius 1 is 1.07 bits per heavy atom. The highest BCUT2D eigenvalue weighted by Crippen LogP contribution is 2.34. The second-order valence-electron chi connectivity index (χ2n) is 7.08. The SMILES string of the molecule is CC(C)CC(CN)NC(=O)c1ccc2c(c1)S(=O)(=O)c1ccccc1C2=O. The van der Waals surface area contributed by atoms with E-state index in [0.29, 0.717) is 12.5 Å². The van der Waals surface area contributed by atoms with Crippen LogP contribution in [0.15, 0.2) is 52.3 Å². The van der Waals surface area contributed by atoms with Gasteiger partial charge in [-0.2, -0.15) is 0 Å². The Hall–Kier alpha value is -2.51. The van der Waals surface area contributed by atoms with Crippen molar-refractivity contribution in [3.05, 3.63) is 59.2 Å². The molecule has 1 aliphatic rings. The Bertz CT molecular complexity index is 1010. The first-order chi connectivity index (χ1) is 12.8. The molecular formula is C20H22N2O4S. The highest BCUT2D eigenvalue weighted by atomic mass is 32.2. The molecule has 0 radical (unpaired) electrons. The van der Waals surface area contributed by atoms with E-state index in [1.54, 1.807) is 12.1 Å². The van der Waals surface area contributed by atoms with Crippen molar-refractivity contribution in [2.45, 2.75) is 36.1 Å². The van der Waals surface area contributed by atoms with E-state index in [-0.39, 0.29) is 38.3 Å². The summed E-state index contributed by atoms with van der Waals surface area (Å²) in [7, 11) is -3.87. The number of fused-ring (bicyclic) bond motifs is 2. The molecule has 0 saturated carbocycles. The van der Waals surface area contributed by atoms with Crippen molar-refractivity contribution in [2.24, 2.45) is 11.7 Å². The zero-order valence-corrected chi connectivity index (χ0v) is 16.0. The van der Waals surface area contributed by atoms with Crippen molar-refractivity contribution < 1.29 is 18.0 Å². The van der Waals surface area contributed by atoms with Crippen LogP contribution in [0.4, 0.5) is 0 Å². The second kappa shape index (κ2) is 7.25. The summed E-state index contributed by atoms with van der Waals surface area (Å²) in [6.07, 6.45) is 0.720. The average molecular weight is 386 g/mol. The largest absolute Gasteiger partial charge is 0.348 e. The third kappa shape index (κ3) is 3.52. The Labute approximate surface area is 158 Å². The van der Waals surface area contributed by atoms with Crippen LogP contribution < -0.4 is 11.1 Å². The molecule has 2 aromatic carbocycles. The molecule has 0 fully saturated rings. The molecule has 27 heavy (non-hydrogen) atoms. The lowest BCUT2D eigenvalue weighted by molar-refractivity contribution is 0.0932. The second-order valence-corrected chi connectivity index (χ2v) is 8.96. The normalized spacial score (nSPS) is 15.8. The molecule has 0 aromatic heterocycles. The van der Waals surface area contributed by atoms with Crippen LogP contribution in [0, 0.1) is 5.92 Å². The van der Waals surface area contributed by atoms with Crippen molar-refractivity contribution >= 4 is 21.5 Å². The van der Waals surface area contributed by atoms with E-state index in [9.17, 15) is 18.0 Å². The van der Waals surface area contributed by atoms with Gasteiger partial charge in [-0.3, -0.25) is 9.59 Å². The Balaban J connectivity index is 1.99. The van der Waals surface area contributed by atoms with E-state index in [1.807, 2.05) is 13.8 Å². The van der Waals surface area contributed by atoms with Crippen LogP contribution in [-0.4, -0.2) is 32.7 Å². The third-order valence-electron chi connectivity index (χ3n) is 4.57. The van der Waals surface area contributed by atoms with Crippen LogP contribution in [0.25, 0.3) is 0 Å². The number of carbonyl (C=O) groups is 2. The maximum atomic E-state index is 12.9. The monoisotopic (exact) mass is 386 g/mol. The summed E-state index contributed by atoms with van der Waals surface area (Å²) < 4.78 is 25.9. The van der Waals surface area contributed by atoms with Gasteiger partial charge >= 0.3 is 0 Å². The lowest BCUT2D eigenvalue weighted by Crippen LogP contribution is -2.41. The smallest absolute Gasteiger partial charge is 0.251 e. The number of amides is 1. The highest BCUT2D eigenvalue weighted by Gasteiger charge is 2.35. The summed E-state index contributed by atoms with van der Waals surface area (Å²) in [4.78, 5) is 25.1. The summed E-state index contributed by atoms with van der Waals surface area (Å²) >= 11 is 0. The number of ketones is 1. The summed E-state index contributed by atoms with van der Waals surface area (Å²) in [5.41, 5.74) is 6.15. The number of rotatable bonds is 5. The molecule has 0 aliphatic carbocycles. The van der Waals surface area contributed by atoms with Gasteiger partial charge in [0.15, 0.2) is 5.78 Å². The van der Waals surface area contributed by atoms with Gasteiger partial charge in [-0.05, 0) is 42.7 Å². The maximum Gasteiger partial charge on any atom is 0.251 e. The van der Waals surface area contributed by atoms with Crippen LogP contribution in [-0.2, 0) is 9.84 Å². The molecule has 6 nitrogen and oxygen atoms in total. The molecule has 0 spiro atoms. The minimum Gasteiger partial charge on any atom is -0.348 e. The summed E-state index contributed by atoms with van der Waals surface area (Å²) in [5, 5.41) is 2.84. The number of hydrogen-bond donors (Lipinski definition) is 2. The summed E-state index contributed by atoms with van der Waals surface area (Å²) in [5.74, 6) is -0.408. The van der Waals surface area contributed by atoms with Crippen LogP contribution in [0.3, 0.4) is 0 Å². The number of carbonyl (C=O) groups excluding carboxylic acids is 2. The molecule has 3 rings (SSSR count). The van der Waals surface area contributed by atoms with Crippen LogP contribution in [0.2, 0.25) is 0 Å². The van der Waals surface area contributed by atoms with E-state index >= 15 is 0 Å². The quantitative estimate of drug-likeness (QED) is 0.699. The molecular weight excluding hydrogens is 364 g/mol. The Kier molecular flexibility index (Phi) is 5.17. The zero-order chi connectivity index (χ0) is 19.8. The van der Waals surface area contributed by atoms with Crippen molar-refractivity contribution in [3.63, 3.8) is 0 Å². The fourth-order valence-corrected chi connectivity index (χ4v) is 4.95. The summed E-state index contributed by atoms with van der Waals surface area (Å²) in [6.45, 7) is 4.35.